The fraction of sp³-hybridized carbons (Fsp3) is 0.125. The molecule has 0 aromatic heterocycles. The molecule has 0 spiro atoms. The van der Waals surface area contributed by atoms with Crippen molar-refractivity contribution in [3.63, 3.8) is 0 Å². The molecule has 6 heteroatoms. The van der Waals surface area contributed by atoms with E-state index in [2.05, 4.69) is 21.8 Å². The van der Waals surface area contributed by atoms with Crippen LogP contribution in [0.3, 0.4) is 0 Å². The molecular formula is C24H21N3O3. The van der Waals surface area contributed by atoms with Gasteiger partial charge in [-0.25, -0.2) is 5.43 Å². The molecule has 3 aromatic carbocycles. The second kappa shape index (κ2) is 9.89. The SMILES string of the molecule is C#CCOc1ccc2ccccc2c1/C=N\NC(=O)C(=O)Nc1ccccc1CC. The van der Waals surface area contributed by atoms with Crippen LogP contribution in [0.25, 0.3) is 10.8 Å². The molecule has 3 aromatic rings. The molecule has 3 rings (SSSR count). The molecular weight excluding hydrogens is 378 g/mol. The van der Waals surface area contributed by atoms with Crippen molar-refractivity contribution in [2.45, 2.75) is 13.3 Å². The summed E-state index contributed by atoms with van der Waals surface area (Å²) in [5.41, 5.74) is 4.45. The zero-order valence-electron chi connectivity index (χ0n) is 16.5. The largest absolute Gasteiger partial charge is 0.480 e. The van der Waals surface area contributed by atoms with Gasteiger partial charge >= 0.3 is 11.8 Å². The Hall–Kier alpha value is -4.11. The van der Waals surface area contributed by atoms with Crippen LogP contribution in [0.1, 0.15) is 18.1 Å². The third-order valence-electron chi connectivity index (χ3n) is 4.45. The molecule has 0 aliphatic carbocycles. The highest BCUT2D eigenvalue weighted by Gasteiger charge is 2.14. The third-order valence-corrected chi connectivity index (χ3v) is 4.45. The number of fused-ring (bicyclic) bond motifs is 1. The fourth-order valence-electron chi connectivity index (χ4n) is 2.99. The van der Waals surface area contributed by atoms with E-state index in [0.717, 1.165) is 22.8 Å². The number of amides is 2. The number of hydrogen-bond acceptors (Lipinski definition) is 4. The average molecular weight is 399 g/mol. The van der Waals surface area contributed by atoms with Crippen molar-refractivity contribution in [1.29, 1.82) is 0 Å². The number of benzene rings is 3. The van der Waals surface area contributed by atoms with Crippen LogP contribution in [0.15, 0.2) is 65.8 Å². The molecule has 30 heavy (non-hydrogen) atoms. The topological polar surface area (TPSA) is 79.8 Å². The predicted molar refractivity (Wildman–Crippen MR) is 118 cm³/mol. The van der Waals surface area contributed by atoms with Crippen molar-refractivity contribution in [3.8, 4) is 18.1 Å². The summed E-state index contributed by atoms with van der Waals surface area (Å²) in [5.74, 6) is 1.29. The zero-order valence-corrected chi connectivity index (χ0v) is 16.5. The molecule has 0 unspecified atom stereocenters. The Morgan fingerprint density at radius 3 is 2.63 bits per heavy atom. The van der Waals surface area contributed by atoms with Gasteiger partial charge in [-0.2, -0.15) is 5.10 Å². The van der Waals surface area contributed by atoms with Gasteiger partial charge in [0.05, 0.1) is 6.21 Å². The van der Waals surface area contributed by atoms with Crippen molar-refractivity contribution in [2.24, 2.45) is 5.10 Å². The first kappa shape index (κ1) is 20.6. The number of hydrazone groups is 1. The molecule has 0 bridgehead atoms. The van der Waals surface area contributed by atoms with Gasteiger partial charge in [0, 0.05) is 11.3 Å². The van der Waals surface area contributed by atoms with Gasteiger partial charge in [0.15, 0.2) is 0 Å². The predicted octanol–water partition coefficient (Wildman–Crippen LogP) is 3.50. The number of nitrogens with one attached hydrogen (secondary N) is 2. The van der Waals surface area contributed by atoms with E-state index in [1.807, 2.05) is 49.4 Å². The minimum absolute atomic E-state index is 0.102. The second-order valence-corrected chi connectivity index (χ2v) is 6.36. The lowest BCUT2D eigenvalue weighted by molar-refractivity contribution is -0.136. The molecule has 2 amide bonds. The van der Waals surface area contributed by atoms with Crippen LogP contribution in [0, 0.1) is 12.3 Å². The van der Waals surface area contributed by atoms with E-state index >= 15 is 0 Å². The van der Waals surface area contributed by atoms with E-state index in [1.54, 1.807) is 18.2 Å². The summed E-state index contributed by atoms with van der Waals surface area (Å²) in [6.45, 7) is 2.07. The highest BCUT2D eigenvalue weighted by atomic mass is 16.5. The molecule has 150 valence electrons. The Labute approximate surface area is 174 Å². The summed E-state index contributed by atoms with van der Waals surface area (Å²) in [6, 6.07) is 18.7. The lowest BCUT2D eigenvalue weighted by Crippen LogP contribution is -2.32. The van der Waals surface area contributed by atoms with Gasteiger partial charge in [0.2, 0.25) is 0 Å². The van der Waals surface area contributed by atoms with Gasteiger partial charge < -0.3 is 10.1 Å². The Kier molecular flexibility index (Phi) is 6.80. The summed E-state index contributed by atoms with van der Waals surface area (Å²) in [7, 11) is 0. The molecule has 0 saturated carbocycles. The number of para-hydroxylation sites is 1. The van der Waals surface area contributed by atoms with Crippen LogP contribution in [0.4, 0.5) is 5.69 Å². The van der Waals surface area contributed by atoms with E-state index < -0.39 is 11.8 Å². The minimum Gasteiger partial charge on any atom is -0.480 e. The molecule has 0 fully saturated rings. The maximum atomic E-state index is 12.2. The monoisotopic (exact) mass is 399 g/mol. The second-order valence-electron chi connectivity index (χ2n) is 6.36. The number of hydrogen-bond donors (Lipinski definition) is 2. The van der Waals surface area contributed by atoms with Gasteiger partial charge in [0.25, 0.3) is 0 Å². The Balaban J connectivity index is 1.75. The number of ether oxygens (including phenoxy) is 1. The summed E-state index contributed by atoms with van der Waals surface area (Å²) >= 11 is 0. The minimum atomic E-state index is -0.872. The summed E-state index contributed by atoms with van der Waals surface area (Å²) in [6.07, 6.45) is 7.46. The molecule has 0 aliphatic heterocycles. The smallest absolute Gasteiger partial charge is 0.329 e. The number of terminal acetylenes is 1. The molecule has 6 nitrogen and oxygen atoms in total. The zero-order chi connectivity index (χ0) is 21.3. The Bertz CT molecular complexity index is 1150. The highest BCUT2D eigenvalue weighted by Crippen LogP contribution is 2.26. The molecule has 0 heterocycles. The Morgan fingerprint density at radius 2 is 1.83 bits per heavy atom. The maximum Gasteiger partial charge on any atom is 0.329 e. The van der Waals surface area contributed by atoms with E-state index in [4.69, 9.17) is 11.2 Å². The van der Waals surface area contributed by atoms with Crippen LogP contribution in [0.5, 0.6) is 5.75 Å². The maximum absolute atomic E-state index is 12.2. The first-order valence-corrected chi connectivity index (χ1v) is 9.44. The van der Waals surface area contributed by atoms with Crippen LogP contribution < -0.4 is 15.5 Å². The number of aryl methyl sites for hydroxylation is 1. The first-order valence-electron chi connectivity index (χ1n) is 9.44. The number of carbonyl (C=O) groups is 2. The summed E-state index contributed by atoms with van der Waals surface area (Å²) in [4.78, 5) is 24.4. The summed E-state index contributed by atoms with van der Waals surface area (Å²) < 4.78 is 5.58. The standard InChI is InChI=1S/C24H21N3O3/c1-3-15-30-22-14-13-18-10-5-7-11-19(18)20(22)16-25-27-24(29)23(28)26-21-12-8-6-9-17(21)4-2/h1,5-14,16H,4,15H2,2H3,(H,26,28)(H,27,29)/b25-16-. The van der Waals surface area contributed by atoms with Crippen LogP contribution in [-0.2, 0) is 16.0 Å². The normalized spacial score (nSPS) is 10.5. The van der Waals surface area contributed by atoms with Gasteiger partial charge in [-0.3, -0.25) is 9.59 Å². The van der Waals surface area contributed by atoms with Crippen molar-refractivity contribution in [2.75, 3.05) is 11.9 Å². The van der Waals surface area contributed by atoms with Crippen LogP contribution >= 0.6 is 0 Å². The summed E-state index contributed by atoms with van der Waals surface area (Å²) in [5, 5.41) is 8.42. The molecule has 0 atom stereocenters. The van der Waals surface area contributed by atoms with E-state index in [1.165, 1.54) is 6.21 Å². The molecule has 2 N–H and O–H groups in total. The van der Waals surface area contributed by atoms with Crippen molar-refractivity contribution in [1.82, 2.24) is 5.43 Å². The van der Waals surface area contributed by atoms with E-state index in [9.17, 15) is 9.59 Å². The van der Waals surface area contributed by atoms with Gasteiger partial charge in [-0.05, 0) is 34.9 Å². The molecule has 0 radical (unpaired) electrons. The van der Waals surface area contributed by atoms with Gasteiger partial charge in [-0.1, -0.05) is 61.4 Å². The molecule has 0 saturated heterocycles. The third kappa shape index (κ3) is 4.83. The van der Waals surface area contributed by atoms with E-state index in [0.29, 0.717) is 17.0 Å². The fourth-order valence-corrected chi connectivity index (χ4v) is 2.99. The number of carbonyl (C=O) groups excluding carboxylic acids is 2. The highest BCUT2D eigenvalue weighted by molar-refractivity contribution is 6.39. The first-order chi connectivity index (χ1) is 14.6. The molecule has 0 aliphatic rings. The number of anilines is 1. The van der Waals surface area contributed by atoms with Crippen molar-refractivity contribution in [3.05, 3.63) is 71.8 Å². The quantitative estimate of drug-likeness (QED) is 0.288. The average Bonchev–Trinajstić information content (AvgIpc) is 2.78. The number of rotatable bonds is 6. The van der Waals surface area contributed by atoms with Crippen LogP contribution in [0.2, 0.25) is 0 Å². The van der Waals surface area contributed by atoms with Gasteiger partial charge in [-0.15, -0.1) is 6.42 Å². The van der Waals surface area contributed by atoms with Gasteiger partial charge in [0.1, 0.15) is 12.4 Å². The Morgan fingerprint density at radius 1 is 1.07 bits per heavy atom. The van der Waals surface area contributed by atoms with Crippen molar-refractivity contribution >= 4 is 34.5 Å². The lowest BCUT2D eigenvalue weighted by atomic mass is 10.0. The van der Waals surface area contributed by atoms with Crippen LogP contribution in [-0.4, -0.2) is 24.6 Å². The lowest BCUT2D eigenvalue weighted by Gasteiger charge is -2.10. The van der Waals surface area contributed by atoms with E-state index in [-0.39, 0.29) is 6.61 Å². The van der Waals surface area contributed by atoms with Crippen molar-refractivity contribution < 1.29 is 14.3 Å². The number of nitrogens with zero attached hydrogens (tertiary/aromatic N) is 1.